The lowest BCUT2D eigenvalue weighted by molar-refractivity contribution is -0.137. The Bertz CT molecular complexity index is 633. The zero-order valence-electron chi connectivity index (χ0n) is 10.4. The predicted molar refractivity (Wildman–Crippen MR) is 75.2 cm³/mol. The summed E-state index contributed by atoms with van der Waals surface area (Å²) in [4.78, 5) is 0. The van der Waals surface area contributed by atoms with Crippen LogP contribution in [0.15, 0.2) is 36.4 Å². The van der Waals surface area contributed by atoms with Crippen molar-refractivity contribution in [2.24, 2.45) is 0 Å². The smallest absolute Gasteiger partial charge is 0.381 e. The number of rotatable bonds is 3. The zero-order chi connectivity index (χ0) is 15.6. The third kappa shape index (κ3) is 4.02. The molecule has 0 heterocycles. The Kier molecular flexibility index (Phi) is 4.64. The number of alkyl halides is 3. The molecule has 0 saturated carbocycles. The molecule has 0 radical (unpaired) electrons. The third-order valence-corrected chi connectivity index (χ3v) is 3.28. The number of hydrogen-bond donors (Lipinski definition) is 1. The summed E-state index contributed by atoms with van der Waals surface area (Å²) >= 11 is 11.3. The zero-order valence-corrected chi connectivity index (χ0v) is 12.0. The van der Waals surface area contributed by atoms with E-state index in [1.54, 1.807) is 6.07 Å². The lowest BCUT2D eigenvalue weighted by atomic mass is 10.1. The highest BCUT2D eigenvalue weighted by atomic mass is 35.5. The highest BCUT2D eigenvalue weighted by molar-refractivity contribution is 6.35. The Labute approximate surface area is 128 Å². The fraction of sp³-hybridized carbons (Fsp3) is 0.143. The van der Waals surface area contributed by atoms with Crippen LogP contribution in [-0.4, -0.2) is 0 Å². The SMILES string of the molecule is Fc1c(Cl)cc(NCc2cccc(C(F)(F)F)c2)cc1Cl. The van der Waals surface area contributed by atoms with E-state index in [4.69, 9.17) is 23.2 Å². The van der Waals surface area contributed by atoms with Gasteiger partial charge in [0, 0.05) is 12.2 Å². The molecule has 0 aliphatic carbocycles. The minimum absolute atomic E-state index is 0.127. The quantitative estimate of drug-likeness (QED) is 0.554. The highest BCUT2D eigenvalue weighted by Gasteiger charge is 2.30. The van der Waals surface area contributed by atoms with Crippen molar-refractivity contribution in [3.05, 3.63) is 63.4 Å². The molecular weight excluding hydrogens is 329 g/mol. The van der Waals surface area contributed by atoms with Gasteiger partial charge in [0.2, 0.25) is 0 Å². The fourth-order valence-corrected chi connectivity index (χ4v) is 2.21. The van der Waals surface area contributed by atoms with Crippen LogP contribution in [0.25, 0.3) is 0 Å². The standard InChI is InChI=1S/C14H9Cl2F4N/c15-11-5-10(6-12(16)13(11)17)21-7-8-2-1-3-9(4-8)14(18,19)20/h1-6,21H,7H2. The van der Waals surface area contributed by atoms with E-state index in [-0.39, 0.29) is 16.6 Å². The monoisotopic (exact) mass is 337 g/mol. The molecule has 112 valence electrons. The van der Waals surface area contributed by atoms with E-state index >= 15 is 0 Å². The Morgan fingerprint density at radius 3 is 2.19 bits per heavy atom. The van der Waals surface area contributed by atoms with Gasteiger partial charge in [-0.25, -0.2) is 4.39 Å². The summed E-state index contributed by atoms with van der Waals surface area (Å²) in [6.07, 6.45) is -4.39. The fourth-order valence-electron chi connectivity index (χ4n) is 1.72. The van der Waals surface area contributed by atoms with Gasteiger partial charge in [0.15, 0.2) is 5.82 Å². The van der Waals surface area contributed by atoms with Crippen molar-refractivity contribution in [3.8, 4) is 0 Å². The average molecular weight is 338 g/mol. The summed E-state index contributed by atoms with van der Waals surface area (Å²) in [6, 6.07) is 7.54. The summed E-state index contributed by atoms with van der Waals surface area (Å²) in [5.41, 5.74) is 0.127. The molecule has 0 unspecified atom stereocenters. The van der Waals surface area contributed by atoms with E-state index in [1.807, 2.05) is 0 Å². The molecule has 7 heteroatoms. The van der Waals surface area contributed by atoms with Gasteiger partial charge in [-0.1, -0.05) is 35.3 Å². The largest absolute Gasteiger partial charge is 0.416 e. The predicted octanol–water partition coefficient (Wildman–Crippen LogP) is 5.76. The normalized spacial score (nSPS) is 11.5. The van der Waals surface area contributed by atoms with Crippen molar-refractivity contribution in [1.29, 1.82) is 0 Å². The molecule has 0 fully saturated rings. The Balaban J connectivity index is 2.14. The van der Waals surface area contributed by atoms with Crippen molar-refractivity contribution < 1.29 is 17.6 Å². The maximum atomic E-state index is 13.2. The first-order chi connectivity index (χ1) is 9.77. The molecule has 1 N–H and O–H groups in total. The maximum Gasteiger partial charge on any atom is 0.416 e. The van der Waals surface area contributed by atoms with Crippen molar-refractivity contribution in [2.75, 3.05) is 5.32 Å². The second-order valence-electron chi connectivity index (χ2n) is 4.31. The van der Waals surface area contributed by atoms with E-state index in [0.29, 0.717) is 11.3 Å². The molecule has 0 saturated heterocycles. The summed E-state index contributed by atoms with van der Waals surface area (Å²) in [5.74, 6) is -0.733. The number of anilines is 1. The lowest BCUT2D eigenvalue weighted by Crippen LogP contribution is -2.07. The Hall–Kier alpha value is -1.46. The second kappa shape index (κ2) is 6.12. The van der Waals surface area contributed by atoms with E-state index in [1.165, 1.54) is 18.2 Å². The molecule has 0 aromatic heterocycles. The number of nitrogens with one attached hydrogen (secondary N) is 1. The Morgan fingerprint density at radius 1 is 1.00 bits per heavy atom. The molecule has 0 aliphatic heterocycles. The number of halogens is 6. The summed E-state index contributed by atoms with van der Waals surface area (Å²) in [5, 5.41) is 2.53. The van der Waals surface area contributed by atoms with Crippen LogP contribution >= 0.6 is 23.2 Å². The minimum atomic E-state index is -4.39. The summed E-state index contributed by atoms with van der Waals surface area (Å²) in [6.45, 7) is 0.127. The molecular formula is C14H9Cl2F4N. The van der Waals surface area contributed by atoms with E-state index in [2.05, 4.69) is 5.32 Å². The average Bonchev–Trinajstić information content (AvgIpc) is 2.42. The van der Waals surface area contributed by atoms with E-state index in [9.17, 15) is 17.6 Å². The molecule has 0 atom stereocenters. The molecule has 0 aliphatic rings. The van der Waals surface area contributed by atoms with Gasteiger partial charge in [0.05, 0.1) is 15.6 Å². The molecule has 2 aromatic rings. The van der Waals surface area contributed by atoms with Crippen molar-refractivity contribution in [1.82, 2.24) is 0 Å². The molecule has 0 spiro atoms. The maximum absolute atomic E-state index is 13.2. The third-order valence-electron chi connectivity index (χ3n) is 2.73. The van der Waals surface area contributed by atoms with Crippen molar-refractivity contribution >= 4 is 28.9 Å². The highest BCUT2D eigenvalue weighted by Crippen LogP contribution is 2.30. The van der Waals surface area contributed by atoms with E-state index < -0.39 is 17.6 Å². The molecule has 21 heavy (non-hydrogen) atoms. The summed E-state index contributed by atoms with van der Waals surface area (Å²) < 4.78 is 51.0. The van der Waals surface area contributed by atoms with Gasteiger partial charge in [-0.3, -0.25) is 0 Å². The Morgan fingerprint density at radius 2 is 1.62 bits per heavy atom. The first-order valence-corrected chi connectivity index (χ1v) is 6.57. The van der Waals surface area contributed by atoms with Gasteiger partial charge < -0.3 is 5.32 Å². The number of hydrogen-bond acceptors (Lipinski definition) is 1. The lowest BCUT2D eigenvalue weighted by Gasteiger charge is -2.11. The number of benzene rings is 2. The van der Waals surface area contributed by atoms with Gasteiger partial charge >= 0.3 is 6.18 Å². The molecule has 2 aromatic carbocycles. The van der Waals surface area contributed by atoms with Gasteiger partial charge in [-0.05, 0) is 29.8 Å². The van der Waals surface area contributed by atoms with Crippen LogP contribution in [0, 0.1) is 5.82 Å². The molecule has 0 amide bonds. The van der Waals surface area contributed by atoms with Gasteiger partial charge in [0.25, 0.3) is 0 Å². The first-order valence-electron chi connectivity index (χ1n) is 5.82. The minimum Gasteiger partial charge on any atom is -0.381 e. The van der Waals surface area contributed by atoms with Crippen LogP contribution in [0.5, 0.6) is 0 Å². The van der Waals surface area contributed by atoms with Crippen LogP contribution in [0.3, 0.4) is 0 Å². The second-order valence-corrected chi connectivity index (χ2v) is 5.12. The summed E-state index contributed by atoms with van der Waals surface area (Å²) in [7, 11) is 0. The molecule has 2 rings (SSSR count). The molecule has 1 nitrogen and oxygen atoms in total. The van der Waals surface area contributed by atoms with Crippen LogP contribution in [-0.2, 0) is 12.7 Å². The van der Waals surface area contributed by atoms with Crippen LogP contribution in [0.1, 0.15) is 11.1 Å². The van der Waals surface area contributed by atoms with Gasteiger partial charge in [-0.2, -0.15) is 13.2 Å². The van der Waals surface area contributed by atoms with E-state index in [0.717, 1.165) is 12.1 Å². The van der Waals surface area contributed by atoms with Crippen molar-refractivity contribution in [3.63, 3.8) is 0 Å². The van der Waals surface area contributed by atoms with Gasteiger partial charge in [0.1, 0.15) is 0 Å². The first kappa shape index (κ1) is 15.9. The van der Waals surface area contributed by atoms with Crippen LogP contribution < -0.4 is 5.32 Å². The molecule has 0 bridgehead atoms. The van der Waals surface area contributed by atoms with Crippen molar-refractivity contribution in [2.45, 2.75) is 12.7 Å². The van der Waals surface area contributed by atoms with Gasteiger partial charge in [-0.15, -0.1) is 0 Å². The topological polar surface area (TPSA) is 12.0 Å². The van der Waals surface area contributed by atoms with Crippen LogP contribution in [0.2, 0.25) is 10.0 Å². The van der Waals surface area contributed by atoms with Crippen LogP contribution in [0.4, 0.5) is 23.2 Å².